The van der Waals surface area contributed by atoms with Crippen LogP contribution < -0.4 is 0 Å². The molecule has 4 heteroatoms. The van der Waals surface area contributed by atoms with Crippen LogP contribution in [0.2, 0.25) is 0 Å². The predicted octanol–water partition coefficient (Wildman–Crippen LogP) is 1.27. The molecule has 0 aromatic heterocycles. The van der Waals surface area contributed by atoms with E-state index in [2.05, 4.69) is 30.8 Å². The first kappa shape index (κ1) is 13.5. The molecule has 0 aromatic rings. The molecule has 0 aromatic carbocycles. The van der Waals surface area contributed by atoms with Crippen molar-refractivity contribution in [1.29, 1.82) is 0 Å². The van der Waals surface area contributed by atoms with Crippen LogP contribution in [0.15, 0.2) is 0 Å². The molecular weight excluding hydrogens is 204 g/mol. The topological polar surface area (TPSA) is 43.8 Å². The summed E-state index contributed by atoms with van der Waals surface area (Å²) >= 11 is 0. The zero-order valence-corrected chi connectivity index (χ0v) is 10.6. The van der Waals surface area contributed by atoms with Gasteiger partial charge in [0.25, 0.3) is 0 Å². The van der Waals surface area contributed by atoms with Gasteiger partial charge in [0.15, 0.2) is 0 Å². The number of carboxylic acid groups (broad SMARTS) is 1. The predicted molar refractivity (Wildman–Crippen MR) is 64.6 cm³/mol. The molecule has 1 heterocycles. The van der Waals surface area contributed by atoms with Crippen LogP contribution in [-0.4, -0.2) is 60.1 Å². The molecular formula is C12H24N2O2. The standard InChI is InChI=1S/C12H24N2O2/c1-4-10(9-12(15)16)14(3)11-5-7-13(2)8-6-11/h10-11H,4-9H2,1-3H3,(H,15,16). The van der Waals surface area contributed by atoms with Gasteiger partial charge < -0.3 is 10.0 Å². The number of hydrogen-bond donors (Lipinski definition) is 1. The van der Waals surface area contributed by atoms with E-state index in [0.29, 0.717) is 6.04 Å². The number of likely N-dealkylation sites (tertiary alicyclic amines) is 1. The summed E-state index contributed by atoms with van der Waals surface area (Å²) in [5.41, 5.74) is 0. The van der Waals surface area contributed by atoms with Gasteiger partial charge in [-0.15, -0.1) is 0 Å². The number of carbonyl (C=O) groups is 1. The van der Waals surface area contributed by atoms with Crippen molar-refractivity contribution in [3.63, 3.8) is 0 Å². The number of piperidine rings is 1. The van der Waals surface area contributed by atoms with Crippen molar-refractivity contribution in [2.24, 2.45) is 0 Å². The van der Waals surface area contributed by atoms with E-state index in [1.165, 1.54) is 0 Å². The lowest BCUT2D eigenvalue weighted by Gasteiger charge is -2.38. The van der Waals surface area contributed by atoms with E-state index in [-0.39, 0.29) is 12.5 Å². The largest absolute Gasteiger partial charge is 0.481 e. The van der Waals surface area contributed by atoms with Gasteiger partial charge in [0, 0.05) is 12.1 Å². The van der Waals surface area contributed by atoms with E-state index in [9.17, 15) is 4.79 Å². The number of aliphatic carboxylic acids is 1. The van der Waals surface area contributed by atoms with Crippen molar-refractivity contribution in [2.75, 3.05) is 27.2 Å². The van der Waals surface area contributed by atoms with Crippen LogP contribution in [0.25, 0.3) is 0 Å². The van der Waals surface area contributed by atoms with Gasteiger partial charge in [0.1, 0.15) is 0 Å². The summed E-state index contributed by atoms with van der Waals surface area (Å²) in [4.78, 5) is 15.4. The van der Waals surface area contributed by atoms with Gasteiger partial charge >= 0.3 is 5.97 Å². The first-order valence-electron chi connectivity index (χ1n) is 6.16. The van der Waals surface area contributed by atoms with Crippen molar-refractivity contribution in [1.82, 2.24) is 9.80 Å². The molecule has 0 aliphatic carbocycles. The molecule has 94 valence electrons. The maximum Gasteiger partial charge on any atom is 0.304 e. The minimum absolute atomic E-state index is 0.186. The molecule has 0 amide bonds. The molecule has 0 radical (unpaired) electrons. The molecule has 16 heavy (non-hydrogen) atoms. The quantitative estimate of drug-likeness (QED) is 0.769. The lowest BCUT2D eigenvalue weighted by Crippen LogP contribution is -2.46. The fraction of sp³-hybridized carbons (Fsp3) is 0.917. The average Bonchev–Trinajstić information content (AvgIpc) is 2.25. The Morgan fingerprint density at radius 3 is 2.50 bits per heavy atom. The van der Waals surface area contributed by atoms with E-state index >= 15 is 0 Å². The van der Waals surface area contributed by atoms with Crippen molar-refractivity contribution in [2.45, 2.75) is 44.7 Å². The highest BCUT2D eigenvalue weighted by atomic mass is 16.4. The summed E-state index contributed by atoms with van der Waals surface area (Å²) in [6, 6.07) is 0.742. The Labute approximate surface area is 98.2 Å². The van der Waals surface area contributed by atoms with E-state index < -0.39 is 5.97 Å². The molecule has 1 unspecified atom stereocenters. The first-order valence-corrected chi connectivity index (χ1v) is 6.16. The van der Waals surface area contributed by atoms with Crippen LogP contribution in [-0.2, 0) is 4.79 Å². The highest BCUT2D eigenvalue weighted by molar-refractivity contribution is 5.67. The minimum atomic E-state index is -0.688. The lowest BCUT2D eigenvalue weighted by atomic mass is 10.00. The Kier molecular flexibility index (Phi) is 5.22. The van der Waals surface area contributed by atoms with Crippen molar-refractivity contribution in [3.8, 4) is 0 Å². The summed E-state index contributed by atoms with van der Waals surface area (Å²) in [7, 11) is 4.22. The summed E-state index contributed by atoms with van der Waals surface area (Å²) in [6.07, 6.45) is 3.49. The smallest absolute Gasteiger partial charge is 0.304 e. The molecule has 1 fully saturated rings. The van der Waals surface area contributed by atoms with Gasteiger partial charge in [-0.2, -0.15) is 0 Å². The third-order valence-corrected chi connectivity index (χ3v) is 3.72. The van der Waals surface area contributed by atoms with Crippen LogP contribution in [0, 0.1) is 0 Å². The molecule has 1 atom stereocenters. The average molecular weight is 228 g/mol. The molecule has 1 aliphatic rings. The van der Waals surface area contributed by atoms with Crippen molar-refractivity contribution >= 4 is 5.97 Å². The molecule has 0 saturated carbocycles. The summed E-state index contributed by atoms with van der Waals surface area (Å²) in [5, 5.41) is 8.87. The molecule has 0 spiro atoms. The van der Waals surface area contributed by atoms with Crippen molar-refractivity contribution < 1.29 is 9.90 Å². The second kappa shape index (κ2) is 6.21. The van der Waals surface area contributed by atoms with Gasteiger partial charge in [-0.25, -0.2) is 0 Å². The van der Waals surface area contributed by atoms with Crippen LogP contribution in [0.4, 0.5) is 0 Å². The summed E-state index contributed by atoms with van der Waals surface area (Å²) < 4.78 is 0. The Hall–Kier alpha value is -0.610. The number of nitrogens with zero attached hydrogens (tertiary/aromatic N) is 2. The summed E-state index contributed by atoms with van der Waals surface area (Å²) in [6.45, 7) is 4.32. The number of hydrogen-bond acceptors (Lipinski definition) is 3. The van der Waals surface area contributed by atoms with E-state index in [1.807, 2.05) is 0 Å². The fourth-order valence-corrected chi connectivity index (χ4v) is 2.48. The van der Waals surface area contributed by atoms with Crippen LogP contribution in [0.3, 0.4) is 0 Å². The third kappa shape index (κ3) is 3.76. The van der Waals surface area contributed by atoms with Gasteiger partial charge in [-0.3, -0.25) is 9.69 Å². The van der Waals surface area contributed by atoms with E-state index in [0.717, 1.165) is 32.4 Å². The highest BCUT2D eigenvalue weighted by Crippen LogP contribution is 2.19. The monoisotopic (exact) mass is 228 g/mol. The first-order chi connectivity index (χ1) is 7.54. The zero-order valence-electron chi connectivity index (χ0n) is 10.6. The van der Waals surface area contributed by atoms with Crippen LogP contribution in [0.1, 0.15) is 32.6 Å². The normalized spacial score (nSPS) is 21.2. The molecule has 1 N–H and O–H groups in total. The molecule has 1 rings (SSSR count). The summed E-state index contributed by atoms with van der Waals surface area (Å²) in [5.74, 6) is -0.688. The maximum absolute atomic E-state index is 10.8. The number of rotatable bonds is 5. The molecule has 0 bridgehead atoms. The maximum atomic E-state index is 10.8. The molecule has 1 saturated heterocycles. The van der Waals surface area contributed by atoms with Gasteiger partial charge in [-0.05, 0) is 46.4 Å². The zero-order chi connectivity index (χ0) is 12.1. The van der Waals surface area contributed by atoms with Crippen LogP contribution >= 0.6 is 0 Å². The van der Waals surface area contributed by atoms with E-state index in [4.69, 9.17) is 5.11 Å². The highest BCUT2D eigenvalue weighted by Gasteiger charge is 2.26. The Bertz CT molecular complexity index is 225. The van der Waals surface area contributed by atoms with Gasteiger partial charge in [0.05, 0.1) is 6.42 Å². The van der Waals surface area contributed by atoms with Gasteiger partial charge in [0.2, 0.25) is 0 Å². The fourth-order valence-electron chi connectivity index (χ4n) is 2.48. The third-order valence-electron chi connectivity index (χ3n) is 3.72. The second-order valence-corrected chi connectivity index (χ2v) is 4.86. The van der Waals surface area contributed by atoms with Crippen molar-refractivity contribution in [3.05, 3.63) is 0 Å². The Morgan fingerprint density at radius 2 is 2.06 bits per heavy atom. The van der Waals surface area contributed by atoms with Gasteiger partial charge in [-0.1, -0.05) is 6.92 Å². The van der Waals surface area contributed by atoms with E-state index in [1.54, 1.807) is 0 Å². The second-order valence-electron chi connectivity index (χ2n) is 4.86. The SMILES string of the molecule is CCC(CC(=O)O)N(C)C1CCN(C)CC1. The minimum Gasteiger partial charge on any atom is -0.481 e. The lowest BCUT2D eigenvalue weighted by molar-refractivity contribution is -0.138. The number of carboxylic acids is 1. The molecule has 4 nitrogen and oxygen atoms in total. The Morgan fingerprint density at radius 1 is 1.50 bits per heavy atom. The molecule has 1 aliphatic heterocycles. The Balaban J connectivity index is 2.47. The van der Waals surface area contributed by atoms with Crippen LogP contribution in [0.5, 0.6) is 0 Å².